The molecule has 1 heterocycles. The first-order valence-electron chi connectivity index (χ1n) is 7.12. The van der Waals surface area contributed by atoms with Crippen molar-refractivity contribution in [1.29, 1.82) is 0 Å². The highest BCUT2D eigenvalue weighted by Gasteiger charge is 2.34. The van der Waals surface area contributed by atoms with Crippen LogP contribution in [-0.4, -0.2) is 36.1 Å². The minimum absolute atomic E-state index is 0.164. The molecular weight excluding hydrogens is 277 g/mol. The van der Waals surface area contributed by atoms with Gasteiger partial charge in [-0.05, 0) is 44.9 Å². The number of piperidine rings is 1. The lowest BCUT2D eigenvalue weighted by Gasteiger charge is -2.43. The maximum Gasteiger partial charge on any atom is 0.126 e. The van der Waals surface area contributed by atoms with Gasteiger partial charge in [0.05, 0.1) is 5.54 Å². The first kappa shape index (κ1) is 15.5. The van der Waals surface area contributed by atoms with Crippen LogP contribution in [0.3, 0.4) is 0 Å². The lowest BCUT2D eigenvalue weighted by atomic mass is 9.86. The molecular formula is C15H23ClFN3. The van der Waals surface area contributed by atoms with Crippen molar-refractivity contribution in [2.45, 2.75) is 38.3 Å². The minimum Gasteiger partial charge on any atom is -0.378 e. The van der Waals surface area contributed by atoms with E-state index in [0.29, 0.717) is 23.3 Å². The Hall–Kier alpha value is -0.840. The van der Waals surface area contributed by atoms with E-state index in [0.717, 1.165) is 25.9 Å². The van der Waals surface area contributed by atoms with Crippen molar-refractivity contribution in [2.75, 3.05) is 25.0 Å². The molecule has 0 aromatic heterocycles. The molecule has 0 aliphatic carbocycles. The van der Waals surface area contributed by atoms with Crippen LogP contribution in [0.15, 0.2) is 18.2 Å². The van der Waals surface area contributed by atoms with Gasteiger partial charge >= 0.3 is 0 Å². The highest BCUT2D eigenvalue weighted by Crippen LogP contribution is 2.28. The summed E-state index contributed by atoms with van der Waals surface area (Å²) in [4.78, 5) is 2.44. The van der Waals surface area contributed by atoms with E-state index in [9.17, 15) is 4.39 Å². The molecule has 5 heteroatoms. The van der Waals surface area contributed by atoms with Gasteiger partial charge in [-0.2, -0.15) is 0 Å². The normalized spacial score (nSPS) is 19.3. The zero-order valence-corrected chi connectivity index (χ0v) is 12.9. The molecule has 1 aliphatic rings. The number of halogens is 2. The van der Waals surface area contributed by atoms with Crippen LogP contribution < -0.4 is 11.1 Å². The third-order valence-electron chi connectivity index (χ3n) is 4.15. The van der Waals surface area contributed by atoms with Gasteiger partial charge in [-0.1, -0.05) is 11.6 Å². The highest BCUT2D eigenvalue weighted by atomic mass is 35.5. The van der Waals surface area contributed by atoms with Crippen LogP contribution in [0.1, 0.15) is 26.7 Å². The molecule has 0 amide bonds. The van der Waals surface area contributed by atoms with Crippen molar-refractivity contribution in [3.8, 4) is 0 Å². The van der Waals surface area contributed by atoms with Gasteiger partial charge in [0.2, 0.25) is 0 Å². The third kappa shape index (κ3) is 3.62. The Morgan fingerprint density at radius 1 is 1.35 bits per heavy atom. The van der Waals surface area contributed by atoms with Gasteiger partial charge in [-0.3, -0.25) is 0 Å². The number of nitrogens with zero attached hydrogens (tertiary/aromatic N) is 1. The first-order chi connectivity index (χ1) is 9.44. The highest BCUT2D eigenvalue weighted by molar-refractivity contribution is 6.30. The van der Waals surface area contributed by atoms with E-state index in [2.05, 4.69) is 24.1 Å². The van der Waals surface area contributed by atoms with Crippen LogP contribution >= 0.6 is 11.6 Å². The molecule has 1 saturated heterocycles. The zero-order chi connectivity index (χ0) is 14.8. The largest absolute Gasteiger partial charge is 0.378 e. The van der Waals surface area contributed by atoms with Gasteiger partial charge in [-0.25, -0.2) is 4.39 Å². The maximum atomic E-state index is 13.4. The van der Waals surface area contributed by atoms with Crippen LogP contribution in [-0.2, 0) is 0 Å². The third-order valence-corrected chi connectivity index (χ3v) is 4.37. The van der Waals surface area contributed by atoms with Gasteiger partial charge in [-0.15, -0.1) is 0 Å². The molecule has 3 nitrogen and oxygen atoms in total. The summed E-state index contributed by atoms with van der Waals surface area (Å²) in [5.74, 6) is -0.327. The summed E-state index contributed by atoms with van der Waals surface area (Å²) in [6, 6.07) is 5.08. The van der Waals surface area contributed by atoms with Crippen molar-refractivity contribution in [3.05, 3.63) is 29.0 Å². The van der Waals surface area contributed by atoms with Gasteiger partial charge in [0, 0.05) is 36.4 Å². The first-order valence-corrected chi connectivity index (χ1v) is 7.50. The molecule has 1 aliphatic heterocycles. The van der Waals surface area contributed by atoms with Crippen molar-refractivity contribution >= 4 is 17.3 Å². The Labute approximate surface area is 125 Å². The zero-order valence-electron chi connectivity index (χ0n) is 12.1. The molecule has 0 atom stereocenters. The van der Waals surface area contributed by atoms with E-state index < -0.39 is 0 Å². The minimum atomic E-state index is -0.327. The topological polar surface area (TPSA) is 41.3 Å². The standard InChI is InChI=1S/C15H23ClFN3/c1-11(2)20-5-3-15(10-18,4-6-20)19-14-8-12(16)7-13(17)9-14/h7-9,11,19H,3-6,10,18H2,1-2H3. The smallest absolute Gasteiger partial charge is 0.126 e. The van der Waals surface area contributed by atoms with E-state index in [1.54, 1.807) is 6.07 Å². The summed E-state index contributed by atoms with van der Waals surface area (Å²) >= 11 is 5.90. The monoisotopic (exact) mass is 299 g/mol. The Balaban J connectivity index is 2.09. The Bertz CT molecular complexity index is 436. The Morgan fingerprint density at radius 3 is 2.50 bits per heavy atom. The summed E-state index contributed by atoms with van der Waals surface area (Å²) in [6.07, 6.45) is 1.91. The van der Waals surface area contributed by atoms with Gasteiger partial charge in [0.15, 0.2) is 0 Å². The lowest BCUT2D eigenvalue weighted by Crippen LogP contribution is -2.54. The van der Waals surface area contributed by atoms with Crippen molar-refractivity contribution in [2.24, 2.45) is 5.73 Å². The second kappa shape index (κ2) is 6.29. The van der Waals surface area contributed by atoms with Crippen molar-refractivity contribution < 1.29 is 4.39 Å². The summed E-state index contributed by atoms with van der Waals surface area (Å²) in [7, 11) is 0. The fraction of sp³-hybridized carbons (Fsp3) is 0.600. The molecule has 0 unspecified atom stereocenters. The Morgan fingerprint density at radius 2 is 2.00 bits per heavy atom. The number of likely N-dealkylation sites (tertiary alicyclic amines) is 1. The maximum absolute atomic E-state index is 13.4. The molecule has 1 aromatic rings. The molecule has 3 N–H and O–H groups in total. The molecule has 20 heavy (non-hydrogen) atoms. The van der Waals surface area contributed by atoms with Gasteiger partial charge < -0.3 is 16.0 Å². The quantitative estimate of drug-likeness (QED) is 0.898. The number of hydrogen-bond acceptors (Lipinski definition) is 3. The van der Waals surface area contributed by atoms with Crippen LogP contribution in [0.25, 0.3) is 0 Å². The molecule has 0 spiro atoms. The van der Waals surface area contributed by atoms with E-state index in [4.69, 9.17) is 17.3 Å². The molecule has 1 fully saturated rings. The molecule has 0 radical (unpaired) electrons. The average molecular weight is 300 g/mol. The summed E-state index contributed by atoms with van der Waals surface area (Å²) in [5.41, 5.74) is 6.52. The van der Waals surface area contributed by atoms with Crippen LogP contribution in [0.4, 0.5) is 10.1 Å². The Kier molecular flexibility index (Phi) is 4.89. The van der Waals surface area contributed by atoms with E-state index in [1.165, 1.54) is 12.1 Å². The molecule has 0 saturated carbocycles. The number of nitrogens with one attached hydrogen (secondary N) is 1. The second-order valence-corrected chi connectivity index (χ2v) is 6.33. The van der Waals surface area contributed by atoms with Crippen molar-refractivity contribution in [1.82, 2.24) is 4.90 Å². The summed E-state index contributed by atoms with van der Waals surface area (Å²) in [6.45, 7) is 6.95. The van der Waals surface area contributed by atoms with Gasteiger partial charge in [0.25, 0.3) is 0 Å². The second-order valence-electron chi connectivity index (χ2n) is 5.90. The summed E-state index contributed by atoms with van der Waals surface area (Å²) in [5, 5.41) is 3.81. The predicted octanol–water partition coefficient (Wildman–Crippen LogP) is 3.09. The molecule has 2 rings (SSSR count). The van der Waals surface area contributed by atoms with Crippen molar-refractivity contribution in [3.63, 3.8) is 0 Å². The summed E-state index contributed by atoms with van der Waals surface area (Å²) < 4.78 is 13.4. The fourth-order valence-corrected chi connectivity index (χ4v) is 3.00. The lowest BCUT2D eigenvalue weighted by molar-refractivity contribution is 0.144. The van der Waals surface area contributed by atoms with Crippen LogP contribution in [0.5, 0.6) is 0 Å². The number of anilines is 1. The average Bonchev–Trinajstić information content (AvgIpc) is 2.38. The SMILES string of the molecule is CC(C)N1CCC(CN)(Nc2cc(F)cc(Cl)c2)CC1. The number of benzene rings is 1. The number of hydrogen-bond donors (Lipinski definition) is 2. The van der Waals surface area contributed by atoms with Crippen LogP contribution in [0, 0.1) is 5.82 Å². The number of nitrogens with two attached hydrogens (primary N) is 1. The fourth-order valence-electron chi connectivity index (χ4n) is 2.78. The number of rotatable bonds is 4. The molecule has 0 bridgehead atoms. The molecule has 1 aromatic carbocycles. The van der Waals surface area contributed by atoms with Crippen LogP contribution in [0.2, 0.25) is 5.02 Å². The van der Waals surface area contributed by atoms with E-state index >= 15 is 0 Å². The van der Waals surface area contributed by atoms with E-state index in [-0.39, 0.29) is 11.4 Å². The van der Waals surface area contributed by atoms with E-state index in [1.807, 2.05) is 0 Å². The predicted molar refractivity (Wildman–Crippen MR) is 82.8 cm³/mol. The van der Waals surface area contributed by atoms with Gasteiger partial charge in [0.1, 0.15) is 5.82 Å². The molecule has 112 valence electrons.